The third-order valence-corrected chi connectivity index (χ3v) is 2.67. The van der Waals surface area contributed by atoms with Gasteiger partial charge in [0, 0.05) is 12.6 Å². The molecule has 1 aromatic carbocycles. The summed E-state index contributed by atoms with van der Waals surface area (Å²) in [7, 11) is 0. The summed E-state index contributed by atoms with van der Waals surface area (Å²) in [5, 5.41) is 12.1. The number of aliphatic hydroxyl groups is 1. The van der Waals surface area contributed by atoms with Gasteiger partial charge < -0.3 is 9.84 Å². The Balaban J connectivity index is 2.78. The molecule has 18 heavy (non-hydrogen) atoms. The monoisotopic (exact) mass is 251 g/mol. The van der Waals surface area contributed by atoms with Crippen molar-refractivity contribution in [3.05, 3.63) is 35.9 Å². The highest BCUT2D eigenvalue weighted by Gasteiger charge is 2.23. The van der Waals surface area contributed by atoms with Crippen molar-refractivity contribution in [2.75, 3.05) is 13.2 Å². The van der Waals surface area contributed by atoms with E-state index in [4.69, 9.17) is 9.84 Å². The quantitative estimate of drug-likeness (QED) is 0.723. The smallest absolute Gasteiger partial charge is 0.327 e. The predicted molar refractivity (Wildman–Crippen MR) is 70.1 cm³/mol. The maximum absolute atomic E-state index is 11.9. The third kappa shape index (κ3) is 4.47. The number of carbonyl (C=O) groups is 1. The second kappa shape index (κ2) is 7.84. The van der Waals surface area contributed by atoms with E-state index in [1.54, 1.807) is 6.92 Å². The van der Waals surface area contributed by atoms with E-state index in [9.17, 15) is 4.79 Å². The number of hydrogen-bond donors (Lipinski definition) is 2. The Morgan fingerprint density at radius 2 is 2.06 bits per heavy atom. The van der Waals surface area contributed by atoms with Crippen LogP contribution in [-0.4, -0.2) is 30.3 Å². The van der Waals surface area contributed by atoms with Crippen LogP contribution < -0.4 is 5.32 Å². The molecule has 4 nitrogen and oxygen atoms in total. The highest BCUT2D eigenvalue weighted by Crippen LogP contribution is 2.15. The Kier molecular flexibility index (Phi) is 6.39. The molecule has 100 valence electrons. The van der Waals surface area contributed by atoms with Crippen molar-refractivity contribution in [1.82, 2.24) is 5.32 Å². The number of benzene rings is 1. The number of rotatable bonds is 7. The number of ether oxygens (including phenoxy) is 1. The molecule has 0 aliphatic heterocycles. The second-order valence-electron chi connectivity index (χ2n) is 4.18. The SMILES string of the molecule is CCOC(=O)C(NC(C)CCO)c1ccccc1. The molecule has 0 spiro atoms. The molecule has 0 amide bonds. The molecule has 0 saturated heterocycles. The normalized spacial score (nSPS) is 13.9. The van der Waals surface area contributed by atoms with Crippen LogP contribution in [0.3, 0.4) is 0 Å². The van der Waals surface area contributed by atoms with Crippen molar-refractivity contribution >= 4 is 5.97 Å². The zero-order valence-electron chi connectivity index (χ0n) is 10.9. The van der Waals surface area contributed by atoms with E-state index in [1.807, 2.05) is 37.3 Å². The molecular formula is C14H21NO3. The average molecular weight is 251 g/mol. The van der Waals surface area contributed by atoms with Crippen molar-refractivity contribution in [3.63, 3.8) is 0 Å². The Morgan fingerprint density at radius 3 is 2.61 bits per heavy atom. The number of aliphatic hydroxyl groups excluding tert-OH is 1. The lowest BCUT2D eigenvalue weighted by Crippen LogP contribution is -2.36. The largest absolute Gasteiger partial charge is 0.465 e. The fourth-order valence-corrected chi connectivity index (χ4v) is 1.73. The highest BCUT2D eigenvalue weighted by molar-refractivity contribution is 5.77. The molecule has 0 bridgehead atoms. The van der Waals surface area contributed by atoms with E-state index < -0.39 is 6.04 Å². The zero-order valence-corrected chi connectivity index (χ0v) is 10.9. The average Bonchev–Trinajstić information content (AvgIpc) is 2.37. The molecule has 2 N–H and O–H groups in total. The number of nitrogens with one attached hydrogen (secondary N) is 1. The van der Waals surface area contributed by atoms with Crippen LogP contribution in [0.4, 0.5) is 0 Å². The van der Waals surface area contributed by atoms with Gasteiger partial charge in [0.1, 0.15) is 6.04 Å². The standard InChI is InChI=1S/C14H21NO3/c1-3-18-14(17)13(15-11(2)9-10-16)12-7-5-4-6-8-12/h4-8,11,13,15-16H,3,9-10H2,1-2H3. The summed E-state index contributed by atoms with van der Waals surface area (Å²) in [6, 6.07) is 9.03. The molecule has 1 rings (SSSR count). The van der Waals surface area contributed by atoms with Gasteiger partial charge in [-0.15, -0.1) is 0 Å². The first-order valence-electron chi connectivity index (χ1n) is 6.27. The van der Waals surface area contributed by atoms with Crippen molar-refractivity contribution < 1.29 is 14.6 Å². The van der Waals surface area contributed by atoms with Crippen molar-refractivity contribution in [1.29, 1.82) is 0 Å². The maximum atomic E-state index is 11.9. The number of hydrogen-bond acceptors (Lipinski definition) is 4. The second-order valence-corrected chi connectivity index (χ2v) is 4.18. The fourth-order valence-electron chi connectivity index (χ4n) is 1.73. The molecular weight excluding hydrogens is 230 g/mol. The first-order valence-corrected chi connectivity index (χ1v) is 6.27. The van der Waals surface area contributed by atoms with Crippen LogP contribution in [0, 0.1) is 0 Å². The summed E-state index contributed by atoms with van der Waals surface area (Å²) >= 11 is 0. The van der Waals surface area contributed by atoms with Crippen LogP contribution in [0.5, 0.6) is 0 Å². The van der Waals surface area contributed by atoms with Crippen molar-refractivity contribution in [2.24, 2.45) is 0 Å². The molecule has 0 aromatic heterocycles. The summed E-state index contributed by atoms with van der Waals surface area (Å²) in [5.41, 5.74) is 0.876. The van der Waals surface area contributed by atoms with Gasteiger partial charge in [-0.3, -0.25) is 5.32 Å². The molecule has 0 radical (unpaired) electrons. The minimum absolute atomic E-state index is 0.0459. The molecule has 4 heteroatoms. The number of carbonyl (C=O) groups excluding carboxylic acids is 1. The Labute approximate surface area is 108 Å². The van der Waals surface area contributed by atoms with E-state index in [2.05, 4.69) is 5.32 Å². The minimum Gasteiger partial charge on any atom is -0.465 e. The van der Waals surface area contributed by atoms with Crippen LogP contribution in [0.25, 0.3) is 0 Å². The lowest BCUT2D eigenvalue weighted by Gasteiger charge is -2.21. The van der Waals surface area contributed by atoms with E-state index in [-0.39, 0.29) is 18.6 Å². The molecule has 0 aliphatic rings. The van der Waals surface area contributed by atoms with Gasteiger partial charge in [0.25, 0.3) is 0 Å². The Morgan fingerprint density at radius 1 is 1.39 bits per heavy atom. The lowest BCUT2D eigenvalue weighted by atomic mass is 10.1. The fraction of sp³-hybridized carbons (Fsp3) is 0.500. The van der Waals surface area contributed by atoms with Gasteiger partial charge in [0.2, 0.25) is 0 Å². The van der Waals surface area contributed by atoms with Gasteiger partial charge in [0.15, 0.2) is 0 Å². The highest BCUT2D eigenvalue weighted by atomic mass is 16.5. The zero-order chi connectivity index (χ0) is 13.4. The Hall–Kier alpha value is -1.39. The van der Waals surface area contributed by atoms with Crippen molar-refractivity contribution in [3.8, 4) is 0 Å². The Bertz CT molecular complexity index is 353. The van der Waals surface area contributed by atoms with E-state index >= 15 is 0 Å². The van der Waals surface area contributed by atoms with Crippen LogP contribution in [0.2, 0.25) is 0 Å². The minimum atomic E-state index is -0.479. The first-order chi connectivity index (χ1) is 8.69. The molecule has 0 saturated carbocycles. The van der Waals surface area contributed by atoms with E-state index in [0.29, 0.717) is 13.0 Å². The molecule has 1 aromatic rings. The topological polar surface area (TPSA) is 58.6 Å². The van der Waals surface area contributed by atoms with Gasteiger partial charge >= 0.3 is 5.97 Å². The van der Waals surface area contributed by atoms with Crippen LogP contribution >= 0.6 is 0 Å². The van der Waals surface area contributed by atoms with Crippen molar-refractivity contribution in [2.45, 2.75) is 32.4 Å². The van der Waals surface area contributed by atoms with Gasteiger partial charge in [-0.1, -0.05) is 30.3 Å². The van der Waals surface area contributed by atoms with Crippen LogP contribution in [0.15, 0.2) is 30.3 Å². The molecule has 0 fully saturated rings. The molecule has 0 aliphatic carbocycles. The van der Waals surface area contributed by atoms with E-state index in [0.717, 1.165) is 5.56 Å². The van der Waals surface area contributed by atoms with Gasteiger partial charge in [-0.05, 0) is 25.8 Å². The van der Waals surface area contributed by atoms with E-state index in [1.165, 1.54) is 0 Å². The summed E-state index contributed by atoms with van der Waals surface area (Å²) < 4.78 is 5.07. The molecule has 0 heterocycles. The maximum Gasteiger partial charge on any atom is 0.327 e. The predicted octanol–water partition coefficient (Wildman–Crippen LogP) is 1.65. The first kappa shape index (κ1) is 14.7. The van der Waals surface area contributed by atoms with Crippen LogP contribution in [0.1, 0.15) is 31.9 Å². The summed E-state index contributed by atoms with van der Waals surface area (Å²) in [5.74, 6) is -0.284. The molecule has 2 atom stereocenters. The van der Waals surface area contributed by atoms with Gasteiger partial charge in [-0.25, -0.2) is 4.79 Å². The van der Waals surface area contributed by atoms with Gasteiger partial charge in [0.05, 0.1) is 6.61 Å². The van der Waals surface area contributed by atoms with Crippen LogP contribution in [-0.2, 0) is 9.53 Å². The number of esters is 1. The summed E-state index contributed by atoms with van der Waals surface area (Å²) in [4.78, 5) is 11.9. The summed E-state index contributed by atoms with van der Waals surface area (Å²) in [6.07, 6.45) is 0.600. The molecule has 2 unspecified atom stereocenters. The summed E-state index contributed by atoms with van der Waals surface area (Å²) in [6.45, 7) is 4.18. The third-order valence-electron chi connectivity index (χ3n) is 2.67. The lowest BCUT2D eigenvalue weighted by molar-refractivity contribution is -0.146. The van der Waals surface area contributed by atoms with Gasteiger partial charge in [-0.2, -0.15) is 0 Å².